The van der Waals surface area contributed by atoms with Crippen LogP contribution in [0, 0.1) is 0 Å². The van der Waals surface area contributed by atoms with Crippen LogP contribution in [0.15, 0.2) is 47.4 Å². The lowest BCUT2D eigenvalue weighted by Crippen LogP contribution is -2.15. The molecule has 0 aliphatic heterocycles. The summed E-state index contributed by atoms with van der Waals surface area (Å²) >= 11 is 0. The molecule has 0 aliphatic carbocycles. The van der Waals surface area contributed by atoms with E-state index < -0.39 is 10.8 Å². The predicted octanol–water partition coefficient (Wildman–Crippen LogP) is 2.82. The van der Waals surface area contributed by atoms with Gasteiger partial charge in [0.05, 0.1) is 13.5 Å². The lowest BCUT2D eigenvalue weighted by molar-refractivity contribution is -0.115. The zero-order valence-electron chi connectivity index (χ0n) is 13.8. The van der Waals surface area contributed by atoms with E-state index in [2.05, 4.69) is 5.32 Å². The van der Waals surface area contributed by atoms with E-state index in [1.165, 1.54) is 14.0 Å². The van der Waals surface area contributed by atoms with Gasteiger partial charge in [-0.3, -0.25) is 13.8 Å². The largest absolute Gasteiger partial charge is 0.496 e. The number of Topliss-reactive ketones (excluding diaryl/α,β-unsaturated/α-hetero) is 1. The first-order chi connectivity index (χ1) is 11.4. The Morgan fingerprint density at radius 3 is 2.33 bits per heavy atom. The smallest absolute Gasteiger partial charge is 0.228 e. The minimum atomic E-state index is -1.05. The standard InChI is InChI=1S/C18H19NO4S/c1-12(20)13-4-9-17(23-2)14(10-13)11-18(21)19-15-5-7-16(8-6-15)24(3)22/h4-10H,11H2,1-3H3,(H,19,21)/t24-/m1/s1. The average Bonchev–Trinajstić information content (AvgIpc) is 2.55. The fourth-order valence-corrected chi connectivity index (χ4v) is 2.76. The second-order valence-electron chi connectivity index (χ2n) is 5.29. The average molecular weight is 345 g/mol. The molecule has 0 saturated carbocycles. The molecule has 5 nitrogen and oxygen atoms in total. The number of methoxy groups -OCH3 is 1. The minimum absolute atomic E-state index is 0.0672. The number of nitrogens with one attached hydrogen (secondary N) is 1. The van der Waals surface area contributed by atoms with Crippen LogP contribution in [0.3, 0.4) is 0 Å². The summed E-state index contributed by atoms with van der Waals surface area (Å²) in [7, 11) is 0.467. The van der Waals surface area contributed by atoms with Gasteiger partial charge in [0.15, 0.2) is 5.78 Å². The molecule has 1 amide bonds. The minimum Gasteiger partial charge on any atom is -0.496 e. The molecule has 126 valence electrons. The van der Waals surface area contributed by atoms with Gasteiger partial charge in [-0.1, -0.05) is 0 Å². The molecule has 2 aromatic carbocycles. The zero-order chi connectivity index (χ0) is 17.7. The number of rotatable bonds is 6. The Balaban J connectivity index is 2.12. The van der Waals surface area contributed by atoms with E-state index in [-0.39, 0.29) is 18.1 Å². The van der Waals surface area contributed by atoms with Crippen LogP contribution < -0.4 is 10.1 Å². The van der Waals surface area contributed by atoms with Gasteiger partial charge in [0, 0.05) is 38.8 Å². The predicted molar refractivity (Wildman–Crippen MR) is 94.1 cm³/mol. The van der Waals surface area contributed by atoms with Crippen LogP contribution in [0.2, 0.25) is 0 Å². The summed E-state index contributed by atoms with van der Waals surface area (Å²) in [6, 6.07) is 11.9. The van der Waals surface area contributed by atoms with Crippen LogP contribution in [0.5, 0.6) is 5.75 Å². The molecular weight excluding hydrogens is 326 g/mol. The summed E-state index contributed by atoms with van der Waals surface area (Å²) in [6.45, 7) is 1.48. The fourth-order valence-electron chi connectivity index (χ4n) is 2.24. The summed E-state index contributed by atoms with van der Waals surface area (Å²) in [4.78, 5) is 24.4. The monoisotopic (exact) mass is 345 g/mol. The number of benzene rings is 2. The maximum Gasteiger partial charge on any atom is 0.228 e. The van der Waals surface area contributed by atoms with E-state index in [9.17, 15) is 13.8 Å². The second-order valence-corrected chi connectivity index (χ2v) is 6.67. The van der Waals surface area contributed by atoms with E-state index in [1.807, 2.05) is 0 Å². The van der Waals surface area contributed by atoms with Crippen LogP contribution in [-0.4, -0.2) is 29.3 Å². The number of ketones is 1. The maximum atomic E-state index is 12.2. The van der Waals surface area contributed by atoms with Gasteiger partial charge in [0.25, 0.3) is 0 Å². The Bertz CT molecular complexity index is 784. The molecule has 0 unspecified atom stereocenters. The summed E-state index contributed by atoms with van der Waals surface area (Å²) in [5.41, 5.74) is 1.80. The molecule has 0 aromatic heterocycles. The maximum absolute atomic E-state index is 12.2. The molecule has 0 radical (unpaired) electrons. The molecule has 0 heterocycles. The SMILES string of the molecule is COc1ccc(C(C)=O)cc1CC(=O)Nc1ccc([S@@](C)=O)cc1. The van der Waals surface area contributed by atoms with Crippen LogP contribution in [-0.2, 0) is 22.0 Å². The molecule has 0 aliphatic rings. The summed E-state index contributed by atoms with van der Waals surface area (Å²) in [5.74, 6) is 0.272. The van der Waals surface area contributed by atoms with Crippen molar-refractivity contribution in [3.05, 3.63) is 53.6 Å². The van der Waals surface area contributed by atoms with Gasteiger partial charge in [-0.2, -0.15) is 0 Å². The van der Waals surface area contributed by atoms with E-state index in [0.717, 1.165) is 0 Å². The van der Waals surface area contributed by atoms with Crippen molar-refractivity contribution in [1.29, 1.82) is 0 Å². The van der Waals surface area contributed by atoms with Gasteiger partial charge in [-0.25, -0.2) is 0 Å². The normalized spacial score (nSPS) is 11.6. The number of hydrogen-bond donors (Lipinski definition) is 1. The number of hydrogen-bond acceptors (Lipinski definition) is 4. The highest BCUT2D eigenvalue weighted by molar-refractivity contribution is 7.84. The highest BCUT2D eigenvalue weighted by atomic mass is 32.2. The summed E-state index contributed by atoms with van der Waals surface area (Å²) in [6.07, 6.45) is 1.69. The third-order valence-corrected chi connectivity index (χ3v) is 4.44. The van der Waals surface area contributed by atoms with Crippen molar-refractivity contribution in [3.8, 4) is 5.75 Å². The number of carbonyl (C=O) groups is 2. The molecule has 24 heavy (non-hydrogen) atoms. The van der Waals surface area contributed by atoms with Gasteiger partial charge >= 0.3 is 0 Å². The van der Waals surface area contributed by atoms with Crippen molar-refractivity contribution in [1.82, 2.24) is 0 Å². The van der Waals surface area contributed by atoms with Gasteiger partial charge in [-0.05, 0) is 49.4 Å². The fraction of sp³-hybridized carbons (Fsp3) is 0.222. The number of ether oxygens (including phenoxy) is 1. The molecule has 1 N–H and O–H groups in total. The van der Waals surface area contributed by atoms with Crippen molar-refractivity contribution >= 4 is 28.2 Å². The van der Waals surface area contributed by atoms with Gasteiger partial charge < -0.3 is 10.1 Å². The zero-order valence-corrected chi connectivity index (χ0v) is 14.6. The number of amides is 1. The van der Waals surface area contributed by atoms with Gasteiger partial charge in [0.1, 0.15) is 5.75 Å². The molecular formula is C18H19NO4S. The summed E-state index contributed by atoms with van der Waals surface area (Å²) in [5, 5.41) is 2.78. The van der Waals surface area contributed by atoms with E-state index in [0.29, 0.717) is 27.5 Å². The lowest BCUT2D eigenvalue weighted by atomic mass is 10.0. The first kappa shape index (κ1) is 17.9. The highest BCUT2D eigenvalue weighted by Gasteiger charge is 2.12. The number of carbonyl (C=O) groups excluding carboxylic acids is 2. The first-order valence-corrected chi connectivity index (χ1v) is 8.87. The molecule has 0 bridgehead atoms. The Morgan fingerprint density at radius 1 is 1.12 bits per heavy atom. The second kappa shape index (κ2) is 7.88. The Morgan fingerprint density at radius 2 is 1.79 bits per heavy atom. The summed E-state index contributed by atoms with van der Waals surface area (Å²) < 4.78 is 16.6. The van der Waals surface area contributed by atoms with E-state index in [4.69, 9.17) is 4.74 Å². The molecule has 0 saturated heterocycles. The lowest BCUT2D eigenvalue weighted by Gasteiger charge is -2.10. The van der Waals surface area contributed by atoms with Crippen molar-refractivity contribution in [2.24, 2.45) is 0 Å². The van der Waals surface area contributed by atoms with Crippen molar-refractivity contribution in [2.45, 2.75) is 18.2 Å². The van der Waals surface area contributed by atoms with E-state index >= 15 is 0 Å². The van der Waals surface area contributed by atoms with Crippen molar-refractivity contribution < 1.29 is 18.5 Å². The van der Waals surface area contributed by atoms with E-state index in [1.54, 1.807) is 48.7 Å². The van der Waals surface area contributed by atoms with Crippen LogP contribution in [0.1, 0.15) is 22.8 Å². The molecule has 6 heteroatoms. The topological polar surface area (TPSA) is 72.5 Å². The van der Waals surface area contributed by atoms with Crippen LogP contribution >= 0.6 is 0 Å². The molecule has 0 spiro atoms. The third-order valence-electron chi connectivity index (χ3n) is 3.51. The Labute approximate surface area is 143 Å². The Hall–Kier alpha value is -2.47. The molecule has 2 aromatic rings. The first-order valence-electron chi connectivity index (χ1n) is 7.32. The molecule has 0 fully saturated rings. The Kier molecular flexibility index (Phi) is 5.87. The highest BCUT2D eigenvalue weighted by Crippen LogP contribution is 2.21. The van der Waals surface area contributed by atoms with Crippen LogP contribution in [0.4, 0.5) is 5.69 Å². The van der Waals surface area contributed by atoms with Crippen molar-refractivity contribution in [2.75, 3.05) is 18.7 Å². The van der Waals surface area contributed by atoms with Gasteiger partial charge in [-0.15, -0.1) is 0 Å². The van der Waals surface area contributed by atoms with Crippen molar-refractivity contribution in [3.63, 3.8) is 0 Å². The molecule has 1 atom stereocenters. The molecule has 2 rings (SSSR count). The van der Waals surface area contributed by atoms with Crippen LogP contribution in [0.25, 0.3) is 0 Å². The third kappa shape index (κ3) is 4.52. The van der Waals surface area contributed by atoms with Gasteiger partial charge in [0.2, 0.25) is 5.91 Å². The quantitative estimate of drug-likeness (QED) is 0.817. The number of anilines is 1.